The Morgan fingerprint density at radius 2 is 2.07 bits per heavy atom. The SMILES string of the molecule is Cc1nn(Cc2ccc(Cl)cc2Cl)c(C)c1NC(=O)c1cnn2cccnc12. The number of nitrogens with zero attached hydrogens (tertiary/aromatic N) is 5. The number of fused-ring (bicyclic) bond motifs is 1. The molecule has 0 aliphatic rings. The number of rotatable bonds is 4. The van der Waals surface area contributed by atoms with E-state index in [-0.39, 0.29) is 5.91 Å². The Bertz CT molecular complexity index is 1200. The molecule has 1 aromatic carbocycles. The van der Waals surface area contributed by atoms with Crippen LogP contribution in [0.1, 0.15) is 27.3 Å². The molecular weight excluding hydrogens is 399 g/mol. The number of hydrogen-bond acceptors (Lipinski definition) is 4. The average Bonchev–Trinajstić information content (AvgIpc) is 3.21. The highest BCUT2D eigenvalue weighted by Crippen LogP contribution is 2.25. The lowest BCUT2D eigenvalue weighted by atomic mass is 10.2. The number of anilines is 1. The van der Waals surface area contributed by atoms with Gasteiger partial charge >= 0.3 is 0 Å². The number of nitrogens with one attached hydrogen (secondary N) is 1. The van der Waals surface area contributed by atoms with E-state index in [2.05, 4.69) is 20.5 Å². The zero-order chi connectivity index (χ0) is 19.8. The number of aromatic nitrogens is 5. The van der Waals surface area contributed by atoms with Crippen LogP contribution in [0.4, 0.5) is 5.69 Å². The summed E-state index contributed by atoms with van der Waals surface area (Å²) in [5.41, 5.74) is 3.97. The Balaban J connectivity index is 1.61. The van der Waals surface area contributed by atoms with E-state index in [9.17, 15) is 4.79 Å². The van der Waals surface area contributed by atoms with Crippen LogP contribution >= 0.6 is 23.2 Å². The van der Waals surface area contributed by atoms with Crippen molar-refractivity contribution in [3.05, 3.63) is 75.4 Å². The highest BCUT2D eigenvalue weighted by Gasteiger charge is 2.19. The van der Waals surface area contributed by atoms with Crippen LogP contribution in [0.15, 0.2) is 42.9 Å². The predicted molar refractivity (Wildman–Crippen MR) is 108 cm³/mol. The molecule has 0 saturated carbocycles. The van der Waals surface area contributed by atoms with Crippen molar-refractivity contribution in [2.45, 2.75) is 20.4 Å². The molecule has 142 valence electrons. The van der Waals surface area contributed by atoms with Gasteiger partial charge in [0, 0.05) is 22.4 Å². The minimum absolute atomic E-state index is 0.288. The second-order valence-corrected chi connectivity index (χ2v) is 7.18. The van der Waals surface area contributed by atoms with Gasteiger partial charge < -0.3 is 5.32 Å². The monoisotopic (exact) mass is 414 g/mol. The molecule has 9 heteroatoms. The lowest BCUT2D eigenvalue weighted by Crippen LogP contribution is -2.13. The smallest absolute Gasteiger partial charge is 0.261 e. The van der Waals surface area contributed by atoms with E-state index in [0.717, 1.165) is 11.3 Å². The summed E-state index contributed by atoms with van der Waals surface area (Å²) in [7, 11) is 0. The summed E-state index contributed by atoms with van der Waals surface area (Å²) in [4.78, 5) is 17.0. The zero-order valence-electron chi connectivity index (χ0n) is 15.1. The highest BCUT2D eigenvalue weighted by atomic mass is 35.5. The van der Waals surface area contributed by atoms with Crippen molar-refractivity contribution in [1.82, 2.24) is 24.4 Å². The lowest BCUT2D eigenvalue weighted by Gasteiger charge is -2.08. The van der Waals surface area contributed by atoms with E-state index in [1.54, 1.807) is 39.8 Å². The predicted octanol–water partition coefficient (Wildman–Crippen LogP) is 4.15. The van der Waals surface area contributed by atoms with Gasteiger partial charge in [0.1, 0.15) is 5.56 Å². The summed E-state index contributed by atoms with van der Waals surface area (Å²) in [6.07, 6.45) is 4.86. The standard InChI is InChI=1S/C19H16Cl2N6O/c1-11-17(24-19(28)15-9-23-26-7-3-6-22-18(15)26)12(2)27(25-11)10-13-4-5-14(20)8-16(13)21/h3-9H,10H2,1-2H3,(H,24,28). The third kappa shape index (κ3) is 3.34. The zero-order valence-corrected chi connectivity index (χ0v) is 16.7. The topological polar surface area (TPSA) is 77.1 Å². The number of carbonyl (C=O) groups excluding carboxylic acids is 1. The van der Waals surface area contributed by atoms with Crippen molar-refractivity contribution in [2.75, 3.05) is 5.32 Å². The molecule has 3 heterocycles. The Kier molecular flexibility index (Phi) is 4.78. The van der Waals surface area contributed by atoms with Crippen LogP contribution in [0.2, 0.25) is 10.0 Å². The Labute approximate surface area is 170 Å². The van der Waals surface area contributed by atoms with Gasteiger partial charge in [-0.05, 0) is 37.6 Å². The van der Waals surface area contributed by atoms with Gasteiger partial charge in [0.2, 0.25) is 0 Å². The molecule has 1 N–H and O–H groups in total. The van der Waals surface area contributed by atoms with Crippen LogP contribution < -0.4 is 5.32 Å². The molecule has 28 heavy (non-hydrogen) atoms. The van der Waals surface area contributed by atoms with Gasteiger partial charge in [0.15, 0.2) is 5.65 Å². The van der Waals surface area contributed by atoms with Crippen LogP contribution in [0, 0.1) is 13.8 Å². The maximum absolute atomic E-state index is 12.8. The molecule has 0 atom stereocenters. The van der Waals surface area contributed by atoms with Crippen LogP contribution in [0.3, 0.4) is 0 Å². The Hall–Kier alpha value is -2.90. The molecule has 0 unspecified atom stereocenters. The maximum Gasteiger partial charge on any atom is 0.261 e. The van der Waals surface area contributed by atoms with E-state index in [0.29, 0.717) is 39.2 Å². The number of hydrogen-bond donors (Lipinski definition) is 1. The second-order valence-electron chi connectivity index (χ2n) is 6.34. The van der Waals surface area contributed by atoms with Crippen molar-refractivity contribution in [2.24, 2.45) is 0 Å². The summed E-state index contributed by atoms with van der Waals surface area (Å²) in [5, 5.41) is 12.8. The first kappa shape index (κ1) is 18.5. The first-order chi connectivity index (χ1) is 13.4. The fourth-order valence-electron chi connectivity index (χ4n) is 3.01. The molecule has 4 aromatic rings. The van der Waals surface area contributed by atoms with E-state index in [1.165, 1.54) is 6.20 Å². The summed E-state index contributed by atoms with van der Waals surface area (Å²) in [5.74, 6) is -0.288. The van der Waals surface area contributed by atoms with Gasteiger partial charge in [-0.25, -0.2) is 9.50 Å². The minimum Gasteiger partial charge on any atom is -0.319 e. The number of carbonyl (C=O) groups is 1. The number of aryl methyl sites for hydroxylation is 1. The third-order valence-electron chi connectivity index (χ3n) is 4.48. The fraction of sp³-hybridized carbons (Fsp3) is 0.158. The van der Waals surface area contributed by atoms with E-state index < -0.39 is 0 Å². The normalized spacial score (nSPS) is 11.1. The fourth-order valence-corrected chi connectivity index (χ4v) is 3.48. The van der Waals surface area contributed by atoms with Gasteiger partial charge in [0.05, 0.1) is 29.8 Å². The first-order valence-electron chi connectivity index (χ1n) is 8.51. The Morgan fingerprint density at radius 3 is 2.86 bits per heavy atom. The van der Waals surface area contributed by atoms with E-state index in [4.69, 9.17) is 23.2 Å². The lowest BCUT2D eigenvalue weighted by molar-refractivity contribution is 0.102. The van der Waals surface area contributed by atoms with Crippen LogP contribution in [-0.4, -0.2) is 30.3 Å². The molecule has 0 saturated heterocycles. The summed E-state index contributed by atoms with van der Waals surface area (Å²) in [6, 6.07) is 7.10. The van der Waals surface area contributed by atoms with Crippen molar-refractivity contribution in [1.29, 1.82) is 0 Å². The quantitative estimate of drug-likeness (QED) is 0.543. The molecule has 1 amide bonds. The first-order valence-corrected chi connectivity index (χ1v) is 9.27. The van der Waals surface area contributed by atoms with Crippen LogP contribution in [0.25, 0.3) is 5.65 Å². The molecule has 0 radical (unpaired) electrons. The molecule has 7 nitrogen and oxygen atoms in total. The summed E-state index contributed by atoms with van der Waals surface area (Å²) in [6.45, 7) is 4.21. The van der Waals surface area contributed by atoms with Gasteiger partial charge in [-0.1, -0.05) is 29.3 Å². The largest absolute Gasteiger partial charge is 0.319 e. The molecule has 3 aromatic heterocycles. The second kappa shape index (κ2) is 7.26. The number of benzene rings is 1. The third-order valence-corrected chi connectivity index (χ3v) is 5.07. The van der Waals surface area contributed by atoms with Crippen molar-refractivity contribution in [3.63, 3.8) is 0 Å². The molecule has 4 rings (SSSR count). The molecule has 0 bridgehead atoms. The average molecular weight is 415 g/mol. The molecular formula is C19H16Cl2N6O. The van der Waals surface area contributed by atoms with Gasteiger partial charge in [-0.3, -0.25) is 9.48 Å². The summed E-state index contributed by atoms with van der Waals surface area (Å²) >= 11 is 12.2. The summed E-state index contributed by atoms with van der Waals surface area (Å²) < 4.78 is 3.36. The maximum atomic E-state index is 12.8. The van der Waals surface area contributed by atoms with Crippen molar-refractivity contribution >= 4 is 40.4 Å². The van der Waals surface area contributed by atoms with Crippen LogP contribution in [0.5, 0.6) is 0 Å². The van der Waals surface area contributed by atoms with Gasteiger partial charge in [0.25, 0.3) is 5.91 Å². The molecule has 0 spiro atoms. The molecule has 0 aliphatic carbocycles. The molecule has 0 fully saturated rings. The molecule has 0 aliphatic heterocycles. The highest BCUT2D eigenvalue weighted by molar-refractivity contribution is 6.35. The van der Waals surface area contributed by atoms with E-state index >= 15 is 0 Å². The minimum atomic E-state index is -0.288. The number of halogens is 2. The van der Waals surface area contributed by atoms with Crippen molar-refractivity contribution in [3.8, 4) is 0 Å². The number of amides is 1. The van der Waals surface area contributed by atoms with E-state index in [1.807, 2.05) is 19.9 Å². The van der Waals surface area contributed by atoms with Gasteiger partial charge in [-0.15, -0.1) is 0 Å². The van der Waals surface area contributed by atoms with Gasteiger partial charge in [-0.2, -0.15) is 10.2 Å². The Morgan fingerprint density at radius 1 is 1.25 bits per heavy atom. The van der Waals surface area contributed by atoms with Crippen molar-refractivity contribution < 1.29 is 4.79 Å². The van der Waals surface area contributed by atoms with Crippen LogP contribution in [-0.2, 0) is 6.54 Å².